The van der Waals surface area contributed by atoms with Gasteiger partial charge in [-0.05, 0) is 24.3 Å². The summed E-state index contributed by atoms with van der Waals surface area (Å²) in [6.45, 7) is 0. The molecule has 0 spiro atoms. The number of benzene rings is 1. The smallest absolute Gasteiger partial charge is 0.337 e. The molecule has 1 amide bonds. The van der Waals surface area contributed by atoms with Crippen molar-refractivity contribution in [1.82, 2.24) is 4.98 Å². The summed E-state index contributed by atoms with van der Waals surface area (Å²) in [4.78, 5) is 26.0. The summed E-state index contributed by atoms with van der Waals surface area (Å²) in [5.41, 5.74) is 11.7. The number of pyridine rings is 1. The fourth-order valence-electron chi connectivity index (χ4n) is 1.65. The standard InChI is InChI=1S/C13H12N4O3/c14-10-9(13(19)20)4-5-16-12(10)17-8-3-1-2-7(6-8)11(15)18/h1-6H,14H2,(H2,15,18)(H,16,17)(H,19,20). The van der Waals surface area contributed by atoms with Gasteiger partial charge in [0.25, 0.3) is 0 Å². The van der Waals surface area contributed by atoms with Gasteiger partial charge in [0.15, 0.2) is 5.82 Å². The van der Waals surface area contributed by atoms with E-state index in [1.165, 1.54) is 18.3 Å². The number of amides is 1. The van der Waals surface area contributed by atoms with Crippen LogP contribution in [0.2, 0.25) is 0 Å². The van der Waals surface area contributed by atoms with Crippen LogP contribution in [-0.2, 0) is 0 Å². The third-order valence-electron chi connectivity index (χ3n) is 2.63. The summed E-state index contributed by atoms with van der Waals surface area (Å²) in [7, 11) is 0. The first-order valence-corrected chi connectivity index (χ1v) is 5.63. The molecule has 0 atom stereocenters. The van der Waals surface area contributed by atoms with Crippen LogP contribution in [0.5, 0.6) is 0 Å². The number of primary amides is 1. The third kappa shape index (κ3) is 2.66. The number of rotatable bonds is 4. The molecule has 7 heteroatoms. The Kier molecular flexibility index (Phi) is 3.52. The number of anilines is 3. The van der Waals surface area contributed by atoms with Crippen LogP contribution in [0.15, 0.2) is 36.5 Å². The number of hydrogen-bond acceptors (Lipinski definition) is 5. The number of carbonyl (C=O) groups excluding carboxylic acids is 1. The van der Waals surface area contributed by atoms with E-state index in [9.17, 15) is 9.59 Å². The molecule has 0 aliphatic carbocycles. The van der Waals surface area contributed by atoms with E-state index in [2.05, 4.69) is 10.3 Å². The van der Waals surface area contributed by atoms with Gasteiger partial charge in [0.05, 0.1) is 11.3 Å². The number of nitrogen functional groups attached to an aromatic ring is 1. The normalized spacial score (nSPS) is 10.0. The molecule has 20 heavy (non-hydrogen) atoms. The van der Waals surface area contributed by atoms with Gasteiger partial charge in [0.2, 0.25) is 5.91 Å². The molecule has 0 bridgehead atoms. The van der Waals surface area contributed by atoms with Gasteiger partial charge in [-0.3, -0.25) is 4.79 Å². The minimum absolute atomic E-state index is 0.0180. The molecule has 7 nitrogen and oxygen atoms in total. The van der Waals surface area contributed by atoms with Crippen LogP contribution >= 0.6 is 0 Å². The minimum Gasteiger partial charge on any atom is -0.478 e. The Hall–Kier alpha value is -3.09. The Morgan fingerprint density at radius 3 is 2.65 bits per heavy atom. The van der Waals surface area contributed by atoms with Gasteiger partial charge in [0.1, 0.15) is 0 Å². The predicted molar refractivity (Wildman–Crippen MR) is 73.9 cm³/mol. The van der Waals surface area contributed by atoms with Crippen LogP contribution in [0.3, 0.4) is 0 Å². The topological polar surface area (TPSA) is 131 Å². The van der Waals surface area contributed by atoms with Crippen molar-refractivity contribution < 1.29 is 14.7 Å². The first-order chi connectivity index (χ1) is 9.49. The van der Waals surface area contributed by atoms with Crippen molar-refractivity contribution in [3.63, 3.8) is 0 Å². The summed E-state index contributed by atoms with van der Waals surface area (Å²) in [5, 5.41) is 11.8. The van der Waals surface area contributed by atoms with E-state index in [-0.39, 0.29) is 17.1 Å². The summed E-state index contributed by atoms with van der Waals surface area (Å²) in [6, 6.07) is 7.72. The highest BCUT2D eigenvalue weighted by Gasteiger charge is 2.12. The molecule has 0 aliphatic rings. The number of aromatic carboxylic acids is 1. The third-order valence-corrected chi connectivity index (χ3v) is 2.63. The van der Waals surface area contributed by atoms with Gasteiger partial charge in [-0.1, -0.05) is 6.07 Å². The van der Waals surface area contributed by atoms with E-state index in [4.69, 9.17) is 16.6 Å². The number of nitrogens with one attached hydrogen (secondary N) is 1. The quantitative estimate of drug-likeness (QED) is 0.661. The number of carbonyl (C=O) groups is 2. The van der Waals surface area contributed by atoms with Crippen LogP contribution in [0, 0.1) is 0 Å². The van der Waals surface area contributed by atoms with E-state index in [1.54, 1.807) is 18.2 Å². The Morgan fingerprint density at radius 1 is 1.25 bits per heavy atom. The molecule has 0 aliphatic heterocycles. The molecule has 6 N–H and O–H groups in total. The van der Waals surface area contributed by atoms with Crippen LogP contribution in [0.1, 0.15) is 20.7 Å². The van der Waals surface area contributed by atoms with Crippen LogP contribution < -0.4 is 16.8 Å². The molecule has 0 unspecified atom stereocenters. The highest BCUT2D eigenvalue weighted by molar-refractivity contribution is 5.97. The van der Waals surface area contributed by atoms with Crippen molar-refractivity contribution in [2.75, 3.05) is 11.1 Å². The van der Waals surface area contributed by atoms with Crippen LogP contribution in [-0.4, -0.2) is 22.0 Å². The van der Waals surface area contributed by atoms with E-state index in [1.807, 2.05) is 0 Å². The van der Waals surface area contributed by atoms with Gasteiger partial charge < -0.3 is 21.9 Å². The molecular weight excluding hydrogens is 260 g/mol. The number of nitrogens with two attached hydrogens (primary N) is 2. The summed E-state index contributed by atoms with van der Waals surface area (Å²) < 4.78 is 0. The van der Waals surface area contributed by atoms with Crippen molar-refractivity contribution in [2.45, 2.75) is 0 Å². The summed E-state index contributed by atoms with van der Waals surface area (Å²) in [5.74, 6) is -1.50. The SMILES string of the molecule is NC(=O)c1cccc(Nc2nccc(C(=O)O)c2N)c1. The number of nitrogens with zero attached hydrogens (tertiary/aromatic N) is 1. The molecule has 102 valence electrons. The van der Waals surface area contributed by atoms with E-state index >= 15 is 0 Å². The first-order valence-electron chi connectivity index (χ1n) is 5.63. The molecule has 0 fully saturated rings. The molecule has 1 aromatic carbocycles. The zero-order valence-electron chi connectivity index (χ0n) is 10.3. The first kappa shape index (κ1) is 13.3. The number of hydrogen-bond donors (Lipinski definition) is 4. The largest absolute Gasteiger partial charge is 0.478 e. The van der Waals surface area contributed by atoms with Crippen LogP contribution in [0.4, 0.5) is 17.2 Å². The van der Waals surface area contributed by atoms with Gasteiger partial charge in [0, 0.05) is 17.4 Å². The second-order valence-corrected chi connectivity index (χ2v) is 4.00. The van der Waals surface area contributed by atoms with Gasteiger partial charge in [-0.25, -0.2) is 9.78 Å². The monoisotopic (exact) mass is 272 g/mol. The molecule has 0 saturated heterocycles. The maximum atomic E-state index is 11.1. The van der Waals surface area contributed by atoms with Crippen molar-refractivity contribution in [3.8, 4) is 0 Å². The van der Waals surface area contributed by atoms with Crippen molar-refractivity contribution in [1.29, 1.82) is 0 Å². The maximum Gasteiger partial charge on any atom is 0.337 e. The maximum absolute atomic E-state index is 11.1. The zero-order chi connectivity index (χ0) is 14.7. The lowest BCUT2D eigenvalue weighted by atomic mass is 10.2. The van der Waals surface area contributed by atoms with Gasteiger partial charge in [-0.2, -0.15) is 0 Å². The average molecular weight is 272 g/mol. The molecule has 2 rings (SSSR count). The average Bonchev–Trinajstić information content (AvgIpc) is 2.41. The molecule has 2 aromatic rings. The number of aromatic nitrogens is 1. The molecular formula is C13H12N4O3. The molecule has 0 saturated carbocycles. The van der Waals surface area contributed by atoms with E-state index in [0.29, 0.717) is 11.3 Å². The second kappa shape index (κ2) is 5.27. The lowest BCUT2D eigenvalue weighted by Crippen LogP contribution is -2.11. The number of carboxylic acid groups (broad SMARTS) is 1. The van der Waals surface area contributed by atoms with Crippen molar-refractivity contribution >= 4 is 29.1 Å². The fourth-order valence-corrected chi connectivity index (χ4v) is 1.65. The lowest BCUT2D eigenvalue weighted by Gasteiger charge is -2.10. The summed E-state index contributed by atoms with van der Waals surface area (Å²) in [6.07, 6.45) is 1.33. The molecule has 1 heterocycles. The highest BCUT2D eigenvalue weighted by Crippen LogP contribution is 2.24. The van der Waals surface area contributed by atoms with Crippen LogP contribution in [0.25, 0.3) is 0 Å². The zero-order valence-corrected chi connectivity index (χ0v) is 10.3. The minimum atomic E-state index is -1.14. The fraction of sp³-hybridized carbons (Fsp3) is 0. The van der Waals surface area contributed by atoms with Crippen molar-refractivity contribution in [3.05, 3.63) is 47.7 Å². The van der Waals surface area contributed by atoms with E-state index in [0.717, 1.165) is 0 Å². The molecule has 0 radical (unpaired) electrons. The Morgan fingerprint density at radius 2 is 2.00 bits per heavy atom. The van der Waals surface area contributed by atoms with Crippen molar-refractivity contribution in [2.24, 2.45) is 5.73 Å². The molecule has 1 aromatic heterocycles. The van der Waals surface area contributed by atoms with Gasteiger partial charge >= 0.3 is 5.97 Å². The van der Waals surface area contributed by atoms with Gasteiger partial charge in [-0.15, -0.1) is 0 Å². The Balaban J connectivity index is 2.35. The Labute approximate surface area is 114 Å². The predicted octanol–water partition coefficient (Wildman–Crippen LogP) is 1.20. The van der Waals surface area contributed by atoms with E-state index < -0.39 is 11.9 Å². The lowest BCUT2D eigenvalue weighted by molar-refractivity contribution is 0.0697. The Bertz CT molecular complexity index is 685. The highest BCUT2D eigenvalue weighted by atomic mass is 16.4. The number of carboxylic acids is 1. The summed E-state index contributed by atoms with van der Waals surface area (Å²) >= 11 is 0. The second-order valence-electron chi connectivity index (χ2n) is 4.00.